The van der Waals surface area contributed by atoms with Crippen molar-refractivity contribution in [2.24, 2.45) is 0 Å². The average Bonchev–Trinajstić information content (AvgIpc) is 2.53. The molecular formula is C16H20FN3O2. The van der Waals surface area contributed by atoms with Gasteiger partial charge in [0.1, 0.15) is 17.4 Å². The van der Waals surface area contributed by atoms with Gasteiger partial charge in [-0.1, -0.05) is 6.07 Å². The molecule has 1 aliphatic heterocycles. The highest BCUT2D eigenvalue weighted by Gasteiger charge is 2.23. The highest BCUT2D eigenvalue weighted by molar-refractivity contribution is 5.76. The maximum atomic E-state index is 13.6. The first-order valence-electron chi connectivity index (χ1n) is 7.37. The fraction of sp³-hybridized carbons (Fsp3) is 0.500. The van der Waals surface area contributed by atoms with Gasteiger partial charge in [0.15, 0.2) is 0 Å². The molecule has 5 nitrogen and oxygen atoms in total. The smallest absolute Gasteiger partial charge is 0.224 e. The zero-order valence-electron chi connectivity index (χ0n) is 12.6. The molecule has 22 heavy (non-hydrogen) atoms. The number of amides is 1. The highest BCUT2D eigenvalue weighted by atomic mass is 19.1. The Morgan fingerprint density at radius 2 is 2.23 bits per heavy atom. The second-order valence-corrected chi connectivity index (χ2v) is 5.32. The van der Waals surface area contributed by atoms with Gasteiger partial charge in [-0.25, -0.2) is 4.39 Å². The number of nitrogens with one attached hydrogen (secondary N) is 1. The number of carbonyl (C=O) groups is 1. The standard InChI is InChI=1S/C16H20FN3O2/c1-22-10-7-16(21)20-8-5-12(6-9-20)19-15-4-2-3-14(17)13(15)11-18/h2-4,12,19H,5-10H2,1H3. The summed E-state index contributed by atoms with van der Waals surface area (Å²) >= 11 is 0. The quantitative estimate of drug-likeness (QED) is 0.905. The number of halogens is 1. The van der Waals surface area contributed by atoms with Crippen LogP contribution < -0.4 is 5.32 Å². The van der Waals surface area contributed by atoms with E-state index in [1.807, 2.05) is 11.0 Å². The van der Waals surface area contributed by atoms with Crippen molar-refractivity contribution in [3.63, 3.8) is 0 Å². The van der Waals surface area contributed by atoms with E-state index in [0.717, 1.165) is 12.8 Å². The lowest BCUT2D eigenvalue weighted by Gasteiger charge is -2.33. The normalized spacial score (nSPS) is 15.4. The van der Waals surface area contributed by atoms with Crippen molar-refractivity contribution in [1.82, 2.24) is 4.90 Å². The Morgan fingerprint density at radius 1 is 1.50 bits per heavy atom. The number of nitrogens with zero attached hydrogens (tertiary/aromatic N) is 2. The Kier molecular flexibility index (Phi) is 5.73. The number of methoxy groups -OCH3 is 1. The van der Waals surface area contributed by atoms with Crippen LogP contribution in [0.1, 0.15) is 24.8 Å². The molecule has 1 heterocycles. The summed E-state index contributed by atoms with van der Waals surface area (Å²) in [6, 6.07) is 6.60. The van der Waals surface area contributed by atoms with E-state index in [1.54, 1.807) is 19.2 Å². The fourth-order valence-corrected chi connectivity index (χ4v) is 2.60. The van der Waals surface area contributed by atoms with Crippen molar-refractivity contribution in [2.75, 3.05) is 32.1 Å². The molecule has 0 unspecified atom stereocenters. The van der Waals surface area contributed by atoms with Crippen molar-refractivity contribution in [2.45, 2.75) is 25.3 Å². The molecule has 0 spiro atoms. The van der Waals surface area contributed by atoms with E-state index in [-0.39, 0.29) is 17.5 Å². The summed E-state index contributed by atoms with van der Waals surface area (Å²) in [5, 5.41) is 12.2. The van der Waals surface area contributed by atoms with Gasteiger partial charge in [-0.2, -0.15) is 5.26 Å². The van der Waals surface area contributed by atoms with Crippen LogP contribution in [0.3, 0.4) is 0 Å². The molecule has 0 aliphatic carbocycles. The van der Waals surface area contributed by atoms with Crippen molar-refractivity contribution in [1.29, 1.82) is 5.26 Å². The fourth-order valence-electron chi connectivity index (χ4n) is 2.60. The molecule has 0 saturated carbocycles. The van der Waals surface area contributed by atoms with Gasteiger partial charge in [-0.3, -0.25) is 4.79 Å². The van der Waals surface area contributed by atoms with Crippen LogP contribution in [0, 0.1) is 17.1 Å². The van der Waals surface area contributed by atoms with Crippen LogP contribution in [-0.2, 0) is 9.53 Å². The van der Waals surface area contributed by atoms with Crippen LogP contribution in [0.25, 0.3) is 0 Å². The molecule has 1 saturated heterocycles. The van der Waals surface area contributed by atoms with Crippen LogP contribution >= 0.6 is 0 Å². The van der Waals surface area contributed by atoms with E-state index < -0.39 is 5.82 Å². The summed E-state index contributed by atoms with van der Waals surface area (Å²) in [6.07, 6.45) is 1.96. The minimum absolute atomic E-state index is 0.0427. The minimum atomic E-state index is -0.514. The summed E-state index contributed by atoms with van der Waals surface area (Å²) in [5.41, 5.74) is 0.563. The molecule has 0 bridgehead atoms. The van der Waals surface area contributed by atoms with Gasteiger partial charge < -0.3 is 15.0 Å². The van der Waals surface area contributed by atoms with Gasteiger partial charge in [0.2, 0.25) is 5.91 Å². The summed E-state index contributed by atoms with van der Waals surface area (Å²) < 4.78 is 18.5. The number of likely N-dealkylation sites (tertiary alicyclic amines) is 1. The molecule has 118 valence electrons. The first kappa shape index (κ1) is 16.2. The molecule has 1 N–H and O–H groups in total. The third-order valence-electron chi connectivity index (χ3n) is 3.85. The lowest BCUT2D eigenvalue weighted by Crippen LogP contribution is -2.42. The van der Waals surface area contributed by atoms with Gasteiger partial charge >= 0.3 is 0 Å². The maximum absolute atomic E-state index is 13.6. The number of anilines is 1. The molecule has 0 aromatic heterocycles. The molecule has 6 heteroatoms. The summed E-state index contributed by atoms with van der Waals surface area (Å²) in [4.78, 5) is 13.7. The third-order valence-corrected chi connectivity index (χ3v) is 3.85. The number of carbonyl (C=O) groups excluding carboxylic acids is 1. The minimum Gasteiger partial charge on any atom is -0.384 e. The second kappa shape index (κ2) is 7.76. The van der Waals surface area contributed by atoms with E-state index in [2.05, 4.69) is 5.32 Å². The van der Waals surface area contributed by atoms with Gasteiger partial charge in [0, 0.05) is 26.2 Å². The Morgan fingerprint density at radius 3 is 2.86 bits per heavy atom. The molecular weight excluding hydrogens is 285 g/mol. The van der Waals surface area contributed by atoms with E-state index in [9.17, 15) is 9.18 Å². The van der Waals surface area contributed by atoms with Gasteiger partial charge in [0.25, 0.3) is 0 Å². The van der Waals surface area contributed by atoms with Crippen molar-refractivity contribution in [3.05, 3.63) is 29.6 Å². The highest BCUT2D eigenvalue weighted by Crippen LogP contribution is 2.22. The Labute approximate surface area is 129 Å². The Bertz CT molecular complexity index is 563. The Balaban J connectivity index is 1.89. The van der Waals surface area contributed by atoms with Crippen molar-refractivity contribution >= 4 is 11.6 Å². The summed E-state index contributed by atoms with van der Waals surface area (Å²) in [7, 11) is 1.58. The molecule has 1 aromatic carbocycles. The number of benzene rings is 1. The van der Waals surface area contributed by atoms with Crippen LogP contribution in [0.2, 0.25) is 0 Å². The number of hydrogen-bond donors (Lipinski definition) is 1. The van der Waals surface area contributed by atoms with Gasteiger partial charge in [-0.05, 0) is 25.0 Å². The first-order valence-corrected chi connectivity index (χ1v) is 7.37. The van der Waals surface area contributed by atoms with Crippen LogP contribution in [-0.4, -0.2) is 43.7 Å². The van der Waals surface area contributed by atoms with E-state index >= 15 is 0 Å². The Hall–Kier alpha value is -2.13. The van der Waals surface area contributed by atoms with Crippen LogP contribution in [0.5, 0.6) is 0 Å². The maximum Gasteiger partial charge on any atom is 0.224 e. The zero-order chi connectivity index (χ0) is 15.9. The SMILES string of the molecule is COCCC(=O)N1CCC(Nc2cccc(F)c2C#N)CC1. The van der Waals surface area contributed by atoms with Crippen LogP contribution in [0.4, 0.5) is 10.1 Å². The van der Waals surface area contributed by atoms with Crippen molar-refractivity contribution < 1.29 is 13.9 Å². The van der Waals surface area contributed by atoms with Crippen molar-refractivity contribution in [3.8, 4) is 6.07 Å². The zero-order valence-corrected chi connectivity index (χ0v) is 12.6. The van der Waals surface area contributed by atoms with Gasteiger partial charge in [0.05, 0.1) is 18.7 Å². The molecule has 1 amide bonds. The van der Waals surface area contributed by atoms with Gasteiger partial charge in [-0.15, -0.1) is 0 Å². The molecule has 0 radical (unpaired) electrons. The molecule has 0 atom stereocenters. The third kappa shape index (κ3) is 3.95. The number of hydrogen-bond acceptors (Lipinski definition) is 4. The van der Waals surface area contributed by atoms with E-state index in [0.29, 0.717) is 31.8 Å². The van der Waals surface area contributed by atoms with E-state index in [1.165, 1.54) is 6.07 Å². The number of piperidine rings is 1. The largest absolute Gasteiger partial charge is 0.384 e. The summed E-state index contributed by atoms with van der Waals surface area (Å²) in [5.74, 6) is -0.413. The average molecular weight is 305 g/mol. The van der Waals surface area contributed by atoms with Crippen LogP contribution in [0.15, 0.2) is 18.2 Å². The predicted molar refractivity (Wildman–Crippen MR) is 80.8 cm³/mol. The number of rotatable bonds is 5. The topological polar surface area (TPSA) is 65.4 Å². The molecule has 2 rings (SSSR count). The molecule has 1 aliphatic rings. The monoisotopic (exact) mass is 305 g/mol. The van der Waals surface area contributed by atoms with E-state index in [4.69, 9.17) is 10.00 Å². The number of ether oxygens (including phenoxy) is 1. The molecule has 1 aromatic rings. The lowest BCUT2D eigenvalue weighted by molar-refractivity contribution is -0.133. The number of nitriles is 1. The first-order chi connectivity index (χ1) is 10.7. The second-order valence-electron chi connectivity index (χ2n) is 5.32. The molecule has 1 fully saturated rings. The predicted octanol–water partition coefficient (Wildman–Crippen LogP) is 2.14. The summed E-state index contributed by atoms with van der Waals surface area (Å²) in [6.45, 7) is 1.76. The lowest BCUT2D eigenvalue weighted by atomic mass is 10.0.